The van der Waals surface area contributed by atoms with E-state index in [1.54, 1.807) is 16.2 Å². The van der Waals surface area contributed by atoms with Crippen LogP contribution >= 0.6 is 11.3 Å². The highest BCUT2D eigenvalue weighted by Crippen LogP contribution is 2.31. The van der Waals surface area contributed by atoms with E-state index in [0.717, 1.165) is 21.8 Å². The zero-order valence-corrected chi connectivity index (χ0v) is 25.4. The molecule has 0 radical (unpaired) electrons. The quantitative estimate of drug-likeness (QED) is 0.274. The number of aryl methyl sites for hydroxylation is 1. The topological polar surface area (TPSA) is 113 Å². The van der Waals surface area contributed by atoms with E-state index in [0.29, 0.717) is 32.7 Å². The van der Waals surface area contributed by atoms with E-state index >= 15 is 0 Å². The highest BCUT2D eigenvalue weighted by atomic mass is 32.1. The van der Waals surface area contributed by atoms with Gasteiger partial charge in [-0.1, -0.05) is 26.8 Å². The van der Waals surface area contributed by atoms with Crippen molar-refractivity contribution < 1.29 is 24.2 Å². The number of amides is 2. The number of nitrogens with one attached hydrogen (secondary N) is 2. The minimum absolute atomic E-state index is 0.0598. The molecule has 41 heavy (non-hydrogen) atoms. The van der Waals surface area contributed by atoms with Crippen LogP contribution in [0.4, 0.5) is 5.69 Å². The second-order valence-corrected chi connectivity index (χ2v) is 12.8. The predicted octanol–water partition coefficient (Wildman–Crippen LogP) is 4.23. The summed E-state index contributed by atoms with van der Waals surface area (Å²) in [4.78, 5) is 32.0. The third-order valence-corrected chi connectivity index (χ3v) is 8.18. The Balaban J connectivity index is 1.11. The number of aromatic nitrogens is 1. The van der Waals surface area contributed by atoms with Gasteiger partial charge in [-0.15, -0.1) is 11.3 Å². The molecule has 1 aromatic heterocycles. The van der Waals surface area contributed by atoms with Gasteiger partial charge in [0.2, 0.25) is 11.8 Å². The first-order chi connectivity index (χ1) is 19.5. The molecule has 0 unspecified atom stereocenters. The molecule has 2 amide bonds. The molecule has 10 heteroatoms. The first-order valence-electron chi connectivity index (χ1n) is 14.2. The number of carbonyl (C=O) groups is 2. The van der Waals surface area contributed by atoms with Crippen LogP contribution in [0.5, 0.6) is 0 Å². The molecule has 222 valence electrons. The summed E-state index contributed by atoms with van der Waals surface area (Å²) >= 11 is 1.70. The lowest BCUT2D eigenvalue weighted by molar-refractivity contribution is -0.141. The average molecular weight is 583 g/mol. The summed E-state index contributed by atoms with van der Waals surface area (Å²) in [6.07, 6.45) is 0.0239. The number of likely N-dealkylation sites (tertiary alicyclic amines) is 1. The predicted molar refractivity (Wildman–Crippen MR) is 163 cm³/mol. The van der Waals surface area contributed by atoms with Crippen LogP contribution in [0.2, 0.25) is 0 Å². The highest BCUT2D eigenvalue weighted by Gasteiger charge is 2.40. The number of rotatable bonds is 12. The Morgan fingerprint density at radius 1 is 1.12 bits per heavy atom. The standard InChI is InChI=1S/C31H42N4O5S/c1-20-6-11-25-26(16-20)41-29(33-25)22-7-9-23(10-8-22)32-12-13-39-14-15-40-19-27(37)34-28(31(3,4)5)30(38)35-18-24(36)17-21(35)2/h6-11,16,21,24,28,32,36H,12-15,17-19H2,1-5H3,(H,34,37)/t21-,24-,28-/m1/s1. The molecule has 2 heterocycles. The molecule has 0 spiro atoms. The molecule has 4 rings (SSSR count). The number of β-amino-alcohol motifs (C(OH)–C–C–N with tert-alkyl or cyclic N) is 1. The molecule has 1 saturated heterocycles. The summed E-state index contributed by atoms with van der Waals surface area (Å²) in [5.41, 5.74) is 3.87. The SMILES string of the molecule is Cc1ccc2nc(-c3ccc(NCCOCCOCC(=O)N[C@H](C(=O)N4C[C@H](O)C[C@H]4C)C(C)(C)C)cc3)sc2c1. The second-order valence-electron chi connectivity index (χ2n) is 11.8. The van der Waals surface area contributed by atoms with Crippen molar-refractivity contribution >= 4 is 39.1 Å². The second kappa shape index (κ2) is 13.7. The molecule has 2 aromatic carbocycles. The Morgan fingerprint density at radius 3 is 2.54 bits per heavy atom. The molecule has 0 bridgehead atoms. The van der Waals surface area contributed by atoms with Crippen molar-refractivity contribution in [1.29, 1.82) is 0 Å². The van der Waals surface area contributed by atoms with Crippen LogP contribution in [0.25, 0.3) is 20.8 Å². The third kappa shape index (κ3) is 8.48. The van der Waals surface area contributed by atoms with Crippen molar-refractivity contribution in [2.24, 2.45) is 5.41 Å². The Morgan fingerprint density at radius 2 is 1.85 bits per heavy atom. The molecule has 1 fully saturated rings. The maximum atomic E-state index is 13.1. The van der Waals surface area contributed by atoms with Crippen molar-refractivity contribution in [1.82, 2.24) is 15.2 Å². The number of benzene rings is 2. The monoisotopic (exact) mass is 582 g/mol. The molecule has 9 nitrogen and oxygen atoms in total. The molecule has 3 N–H and O–H groups in total. The zero-order chi connectivity index (χ0) is 29.6. The average Bonchev–Trinajstić information content (AvgIpc) is 3.49. The normalized spacial score (nSPS) is 18.0. The number of fused-ring (bicyclic) bond motifs is 1. The van der Waals surface area contributed by atoms with E-state index in [2.05, 4.69) is 47.9 Å². The number of anilines is 1. The summed E-state index contributed by atoms with van der Waals surface area (Å²) in [6, 6.07) is 13.8. The van der Waals surface area contributed by atoms with Crippen LogP contribution in [0.15, 0.2) is 42.5 Å². The van der Waals surface area contributed by atoms with Gasteiger partial charge in [0.25, 0.3) is 0 Å². The van der Waals surface area contributed by atoms with Gasteiger partial charge >= 0.3 is 0 Å². The van der Waals surface area contributed by atoms with Gasteiger partial charge < -0.3 is 30.1 Å². The van der Waals surface area contributed by atoms with E-state index in [4.69, 9.17) is 14.5 Å². The first-order valence-corrected chi connectivity index (χ1v) is 15.0. The Labute approximate surface area is 246 Å². The lowest BCUT2D eigenvalue weighted by Crippen LogP contribution is -2.56. The Hall–Kier alpha value is -3.05. The van der Waals surface area contributed by atoms with Crippen LogP contribution in [-0.4, -0.2) is 84.5 Å². The summed E-state index contributed by atoms with van der Waals surface area (Å²) in [5.74, 6) is -0.524. The van der Waals surface area contributed by atoms with Gasteiger partial charge in [0.05, 0.1) is 36.1 Å². The molecule has 1 aliphatic rings. The van der Waals surface area contributed by atoms with Gasteiger partial charge in [0.15, 0.2) is 0 Å². The number of hydrogen-bond acceptors (Lipinski definition) is 8. The van der Waals surface area contributed by atoms with Crippen LogP contribution < -0.4 is 10.6 Å². The fourth-order valence-electron chi connectivity index (χ4n) is 4.87. The maximum Gasteiger partial charge on any atom is 0.246 e. The van der Waals surface area contributed by atoms with Crippen LogP contribution in [0, 0.1) is 12.3 Å². The largest absolute Gasteiger partial charge is 0.391 e. The van der Waals surface area contributed by atoms with Crippen LogP contribution in [0.3, 0.4) is 0 Å². The van der Waals surface area contributed by atoms with E-state index < -0.39 is 17.6 Å². The zero-order valence-electron chi connectivity index (χ0n) is 24.6. The highest BCUT2D eigenvalue weighted by molar-refractivity contribution is 7.21. The van der Waals surface area contributed by atoms with E-state index in [-0.39, 0.29) is 31.1 Å². The Kier molecular flexibility index (Phi) is 10.4. The van der Waals surface area contributed by atoms with Gasteiger partial charge in [-0.3, -0.25) is 9.59 Å². The molecule has 0 aliphatic carbocycles. The molecular formula is C31H42N4O5S. The maximum absolute atomic E-state index is 13.1. The van der Waals surface area contributed by atoms with E-state index in [1.165, 1.54) is 10.3 Å². The summed E-state index contributed by atoms with van der Waals surface area (Å²) in [7, 11) is 0. The van der Waals surface area contributed by atoms with Crippen LogP contribution in [-0.2, 0) is 19.1 Å². The summed E-state index contributed by atoms with van der Waals surface area (Å²) < 4.78 is 12.3. The fraction of sp³-hybridized carbons (Fsp3) is 0.516. The molecule has 0 saturated carbocycles. The van der Waals surface area contributed by atoms with Crippen molar-refractivity contribution in [2.45, 2.75) is 59.2 Å². The van der Waals surface area contributed by atoms with Gasteiger partial charge in [0, 0.05) is 30.4 Å². The number of ether oxygens (including phenoxy) is 2. The van der Waals surface area contributed by atoms with Gasteiger partial charge in [0.1, 0.15) is 17.7 Å². The van der Waals surface area contributed by atoms with Gasteiger partial charge in [-0.2, -0.15) is 0 Å². The van der Waals surface area contributed by atoms with Gasteiger partial charge in [-0.25, -0.2) is 4.98 Å². The number of aliphatic hydroxyl groups excluding tert-OH is 1. The van der Waals surface area contributed by atoms with Crippen molar-refractivity contribution in [3.8, 4) is 10.6 Å². The molecule has 3 atom stereocenters. The summed E-state index contributed by atoms with van der Waals surface area (Å²) in [5, 5.41) is 17.1. The minimum Gasteiger partial charge on any atom is -0.391 e. The lowest BCUT2D eigenvalue weighted by Gasteiger charge is -2.35. The summed E-state index contributed by atoms with van der Waals surface area (Å²) in [6.45, 7) is 11.6. The third-order valence-electron chi connectivity index (χ3n) is 7.11. The first kappa shape index (κ1) is 30.9. The van der Waals surface area contributed by atoms with E-state index in [9.17, 15) is 14.7 Å². The number of carbonyl (C=O) groups excluding carboxylic acids is 2. The number of aliphatic hydroxyl groups is 1. The van der Waals surface area contributed by atoms with E-state index in [1.807, 2.05) is 39.8 Å². The van der Waals surface area contributed by atoms with Crippen LogP contribution in [0.1, 0.15) is 39.7 Å². The number of thiazole rings is 1. The fourth-order valence-corrected chi connectivity index (χ4v) is 5.93. The smallest absolute Gasteiger partial charge is 0.246 e. The number of hydrogen-bond donors (Lipinski definition) is 3. The van der Waals surface area contributed by atoms with Crippen molar-refractivity contribution in [3.63, 3.8) is 0 Å². The number of nitrogens with zero attached hydrogens (tertiary/aromatic N) is 2. The molecule has 3 aromatic rings. The minimum atomic E-state index is -0.701. The van der Waals surface area contributed by atoms with Crippen molar-refractivity contribution in [3.05, 3.63) is 48.0 Å². The Bertz CT molecular complexity index is 1320. The lowest BCUT2D eigenvalue weighted by atomic mass is 9.85. The molecular weight excluding hydrogens is 540 g/mol. The molecule has 1 aliphatic heterocycles. The van der Waals surface area contributed by atoms with Gasteiger partial charge in [-0.05, 0) is 67.6 Å². The van der Waals surface area contributed by atoms with Crippen molar-refractivity contribution in [2.75, 3.05) is 44.8 Å².